The van der Waals surface area contributed by atoms with Crippen LogP contribution < -0.4 is 15.4 Å². The molecule has 0 atom stereocenters. The number of phenolic OH excluding ortho intramolecular Hbond substituents is 1. The maximum absolute atomic E-state index is 9.30. The van der Waals surface area contributed by atoms with Crippen LogP contribution in [0.5, 0.6) is 11.5 Å². The van der Waals surface area contributed by atoms with E-state index < -0.39 is 0 Å². The van der Waals surface area contributed by atoms with Gasteiger partial charge >= 0.3 is 0 Å². The summed E-state index contributed by atoms with van der Waals surface area (Å²) in [6.45, 7) is 4.07. The number of methoxy groups -OCH3 is 1. The van der Waals surface area contributed by atoms with E-state index >= 15 is 0 Å². The lowest BCUT2D eigenvalue weighted by Crippen LogP contribution is -2.36. The molecule has 0 amide bonds. The maximum Gasteiger partial charge on any atom is 0.191 e. The maximum atomic E-state index is 9.30. The van der Waals surface area contributed by atoms with Gasteiger partial charge in [-0.15, -0.1) is 24.0 Å². The van der Waals surface area contributed by atoms with E-state index in [0.29, 0.717) is 13.1 Å². The molecule has 2 aromatic carbocycles. The second kappa shape index (κ2) is 10.7. The molecule has 5 nitrogen and oxygen atoms in total. The minimum absolute atomic E-state index is 0. The molecule has 2 aromatic rings. The average molecular weight is 441 g/mol. The number of ether oxygens (including phenoxy) is 1. The van der Waals surface area contributed by atoms with Gasteiger partial charge in [-0.05, 0) is 42.3 Å². The Hall–Kier alpha value is -1.96. The lowest BCUT2D eigenvalue weighted by molar-refractivity contribution is 0.414. The molecule has 0 radical (unpaired) electrons. The summed E-state index contributed by atoms with van der Waals surface area (Å²) in [4.78, 5) is 4.58. The predicted molar refractivity (Wildman–Crippen MR) is 108 cm³/mol. The molecule has 0 aromatic heterocycles. The molecule has 0 fully saturated rings. The number of phenols is 1. The number of guanidine groups is 1. The quantitative estimate of drug-likeness (QED) is 0.366. The van der Waals surface area contributed by atoms with Crippen molar-refractivity contribution in [2.75, 3.05) is 13.7 Å². The fourth-order valence-electron chi connectivity index (χ4n) is 2.04. The SMILES string of the molecule is CCNC(=NCc1ccc(OC)cc1)NCc1ccc(O)cc1.I. The first-order chi connectivity index (χ1) is 11.2. The van der Waals surface area contributed by atoms with Crippen LogP contribution in [0.15, 0.2) is 53.5 Å². The minimum atomic E-state index is 0. The van der Waals surface area contributed by atoms with Gasteiger partial charge in [-0.1, -0.05) is 24.3 Å². The number of hydrogen-bond donors (Lipinski definition) is 3. The molecule has 0 bridgehead atoms. The van der Waals surface area contributed by atoms with Crippen LogP contribution >= 0.6 is 24.0 Å². The van der Waals surface area contributed by atoms with Gasteiger partial charge in [-0.2, -0.15) is 0 Å². The topological polar surface area (TPSA) is 65.9 Å². The van der Waals surface area contributed by atoms with Gasteiger partial charge in [0.15, 0.2) is 5.96 Å². The Morgan fingerprint density at radius 1 is 1.00 bits per heavy atom. The van der Waals surface area contributed by atoms with E-state index in [1.807, 2.05) is 43.3 Å². The fourth-order valence-corrected chi connectivity index (χ4v) is 2.04. The lowest BCUT2D eigenvalue weighted by Gasteiger charge is -2.11. The van der Waals surface area contributed by atoms with Crippen molar-refractivity contribution in [3.8, 4) is 11.5 Å². The molecule has 24 heavy (non-hydrogen) atoms. The third-order valence-electron chi connectivity index (χ3n) is 3.32. The Balaban J connectivity index is 0.00000288. The third kappa shape index (κ3) is 6.66. The third-order valence-corrected chi connectivity index (χ3v) is 3.32. The molecule has 0 aliphatic rings. The first-order valence-electron chi connectivity index (χ1n) is 7.64. The monoisotopic (exact) mass is 441 g/mol. The Morgan fingerprint density at radius 3 is 2.21 bits per heavy atom. The lowest BCUT2D eigenvalue weighted by atomic mass is 10.2. The summed E-state index contributed by atoms with van der Waals surface area (Å²) in [5, 5.41) is 15.8. The van der Waals surface area contributed by atoms with Gasteiger partial charge in [-0.3, -0.25) is 0 Å². The highest BCUT2D eigenvalue weighted by atomic mass is 127. The number of nitrogens with zero attached hydrogens (tertiary/aromatic N) is 1. The number of aromatic hydroxyl groups is 1. The van der Waals surface area contributed by atoms with Crippen LogP contribution in [0.2, 0.25) is 0 Å². The molecule has 0 saturated heterocycles. The van der Waals surface area contributed by atoms with Crippen LogP contribution in [0.4, 0.5) is 0 Å². The van der Waals surface area contributed by atoms with Crippen LogP contribution in [0.3, 0.4) is 0 Å². The minimum Gasteiger partial charge on any atom is -0.508 e. The van der Waals surface area contributed by atoms with Gasteiger partial charge in [0.05, 0.1) is 13.7 Å². The van der Waals surface area contributed by atoms with E-state index in [2.05, 4.69) is 15.6 Å². The van der Waals surface area contributed by atoms with Gasteiger partial charge in [-0.25, -0.2) is 4.99 Å². The van der Waals surface area contributed by atoms with Crippen molar-refractivity contribution in [2.24, 2.45) is 4.99 Å². The van der Waals surface area contributed by atoms with Crippen LogP contribution in [-0.4, -0.2) is 24.7 Å². The summed E-state index contributed by atoms with van der Waals surface area (Å²) in [6.07, 6.45) is 0. The second-order valence-electron chi connectivity index (χ2n) is 5.06. The van der Waals surface area contributed by atoms with E-state index in [4.69, 9.17) is 4.74 Å². The van der Waals surface area contributed by atoms with Gasteiger partial charge in [0.2, 0.25) is 0 Å². The number of rotatable bonds is 6. The summed E-state index contributed by atoms with van der Waals surface area (Å²) in [5.74, 6) is 1.88. The van der Waals surface area contributed by atoms with Gasteiger partial charge in [0.25, 0.3) is 0 Å². The smallest absolute Gasteiger partial charge is 0.191 e. The molecular formula is C18H24IN3O2. The molecular weight excluding hydrogens is 417 g/mol. The standard InChI is InChI=1S/C18H23N3O2.HI/c1-3-19-18(20-12-14-4-8-16(22)9-5-14)21-13-15-6-10-17(23-2)11-7-15;/h4-11,22H,3,12-13H2,1-2H3,(H2,19,20,21);1H. The van der Waals surface area contributed by atoms with Crippen molar-refractivity contribution in [1.82, 2.24) is 10.6 Å². The van der Waals surface area contributed by atoms with Crippen LogP contribution in [0.1, 0.15) is 18.1 Å². The molecule has 2 rings (SSSR count). The Bertz CT molecular complexity index is 628. The van der Waals surface area contributed by atoms with E-state index in [1.54, 1.807) is 19.2 Å². The highest BCUT2D eigenvalue weighted by Gasteiger charge is 1.99. The van der Waals surface area contributed by atoms with Crippen molar-refractivity contribution in [3.63, 3.8) is 0 Å². The molecule has 6 heteroatoms. The van der Waals surface area contributed by atoms with E-state index in [0.717, 1.165) is 29.4 Å². The highest BCUT2D eigenvalue weighted by molar-refractivity contribution is 14.0. The molecule has 0 saturated carbocycles. The zero-order chi connectivity index (χ0) is 16.5. The van der Waals surface area contributed by atoms with Gasteiger partial charge in [0.1, 0.15) is 11.5 Å². The molecule has 0 aliphatic heterocycles. The number of benzene rings is 2. The van der Waals surface area contributed by atoms with Crippen molar-refractivity contribution >= 4 is 29.9 Å². The predicted octanol–water partition coefficient (Wildman–Crippen LogP) is 3.27. The van der Waals surface area contributed by atoms with E-state index in [1.165, 1.54) is 0 Å². The van der Waals surface area contributed by atoms with Gasteiger partial charge in [0, 0.05) is 13.1 Å². The Morgan fingerprint density at radius 2 is 1.62 bits per heavy atom. The first kappa shape index (κ1) is 20.1. The van der Waals surface area contributed by atoms with Crippen molar-refractivity contribution in [1.29, 1.82) is 0 Å². The largest absolute Gasteiger partial charge is 0.508 e. The summed E-state index contributed by atoms with van der Waals surface area (Å²) in [5.41, 5.74) is 2.20. The Kier molecular flexibility index (Phi) is 8.99. The molecule has 0 heterocycles. The number of halogens is 1. The number of hydrogen-bond acceptors (Lipinski definition) is 3. The van der Waals surface area contributed by atoms with Crippen LogP contribution in [-0.2, 0) is 13.1 Å². The summed E-state index contributed by atoms with van der Waals surface area (Å²) in [6, 6.07) is 15.0. The highest BCUT2D eigenvalue weighted by Crippen LogP contribution is 2.12. The van der Waals surface area contributed by atoms with Crippen molar-refractivity contribution < 1.29 is 9.84 Å². The van der Waals surface area contributed by atoms with Crippen molar-refractivity contribution in [3.05, 3.63) is 59.7 Å². The van der Waals surface area contributed by atoms with Crippen molar-refractivity contribution in [2.45, 2.75) is 20.0 Å². The molecule has 130 valence electrons. The zero-order valence-corrected chi connectivity index (χ0v) is 16.3. The Labute approximate surface area is 160 Å². The molecule has 0 aliphatic carbocycles. The van der Waals surface area contributed by atoms with E-state index in [-0.39, 0.29) is 29.7 Å². The molecule has 0 unspecified atom stereocenters. The van der Waals surface area contributed by atoms with Gasteiger partial charge < -0.3 is 20.5 Å². The normalized spacial score (nSPS) is 10.7. The first-order valence-corrected chi connectivity index (χ1v) is 7.64. The average Bonchev–Trinajstić information content (AvgIpc) is 2.59. The molecule has 3 N–H and O–H groups in total. The number of aliphatic imine (C=N–C) groups is 1. The van der Waals surface area contributed by atoms with E-state index in [9.17, 15) is 5.11 Å². The summed E-state index contributed by atoms with van der Waals surface area (Å²) < 4.78 is 5.15. The van der Waals surface area contributed by atoms with Crippen LogP contribution in [0.25, 0.3) is 0 Å². The molecule has 0 spiro atoms. The van der Waals surface area contributed by atoms with Crippen LogP contribution in [0, 0.1) is 0 Å². The summed E-state index contributed by atoms with van der Waals surface area (Å²) in [7, 11) is 1.66. The second-order valence-corrected chi connectivity index (χ2v) is 5.06. The number of nitrogens with one attached hydrogen (secondary N) is 2. The zero-order valence-electron chi connectivity index (χ0n) is 14.0. The fraction of sp³-hybridized carbons (Fsp3) is 0.278. The summed E-state index contributed by atoms with van der Waals surface area (Å²) >= 11 is 0.